The standard InChI is InChI=1S/C12H20O7/c1-6-9(5-17-7(2)13)19-12(16-4)10(15)11(6)18-8(3)14/h6,9-12,15H,5H2,1-4H3/t6-,9?,10?,11+,12+/m0/s1. The van der Waals surface area contributed by atoms with E-state index in [0.29, 0.717) is 0 Å². The highest BCUT2D eigenvalue weighted by Gasteiger charge is 2.45. The normalized spacial score (nSPS) is 34.7. The zero-order valence-electron chi connectivity index (χ0n) is 11.5. The second-order valence-corrected chi connectivity index (χ2v) is 4.50. The molecule has 1 heterocycles. The van der Waals surface area contributed by atoms with Crippen molar-refractivity contribution in [2.45, 2.75) is 45.4 Å². The third kappa shape index (κ3) is 4.15. The van der Waals surface area contributed by atoms with Gasteiger partial charge in [0.25, 0.3) is 0 Å². The van der Waals surface area contributed by atoms with Crippen LogP contribution in [0.2, 0.25) is 0 Å². The summed E-state index contributed by atoms with van der Waals surface area (Å²) in [6.07, 6.45) is -3.29. The molecule has 2 unspecified atom stereocenters. The Morgan fingerprint density at radius 2 is 1.89 bits per heavy atom. The Balaban J connectivity index is 2.77. The number of aliphatic hydroxyl groups is 1. The van der Waals surface area contributed by atoms with Crippen molar-refractivity contribution in [3.8, 4) is 0 Å². The highest BCUT2D eigenvalue weighted by Crippen LogP contribution is 2.29. The first-order chi connectivity index (χ1) is 8.86. The lowest BCUT2D eigenvalue weighted by atomic mass is 9.90. The Labute approximate surface area is 111 Å². The lowest BCUT2D eigenvalue weighted by Crippen LogP contribution is -2.56. The second kappa shape index (κ2) is 6.83. The molecule has 7 nitrogen and oxygen atoms in total. The molecular formula is C12H20O7. The Morgan fingerprint density at radius 3 is 2.37 bits per heavy atom. The van der Waals surface area contributed by atoms with Gasteiger partial charge in [-0.3, -0.25) is 9.59 Å². The molecule has 0 aromatic rings. The van der Waals surface area contributed by atoms with Gasteiger partial charge in [-0.1, -0.05) is 6.92 Å². The maximum atomic E-state index is 11.1. The predicted octanol–water partition coefficient (Wildman–Crippen LogP) is -0.151. The van der Waals surface area contributed by atoms with Crippen LogP contribution in [0.5, 0.6) is 0 Å². The summed E-state index contributed by atoms with van der Waals surface area (Å²) < 4.78 is 20.5. The minimum Gasteiger partial charge on any atom is -0.463 e. The number of carbonyl (C=O) groups is 2. The summed E-state index contributed by atoms with van der Waals surface area (Å²) in [6.45, 7) is 4.31. The summed E-state index contributed by atoms with van der Waals surface area (Å²) >= 11 is 0. The Kier molecular flexibility index (Phi) is 5.71. The van der Waals surface area contributed by atoms with Crippen molar-refractivity contribution in [3.63, 3.8) is 0 Å². The minimum atomic E-state index is -1.09. The van der Waals surface area contributed by atoms with Crippen molar-refractivity contribution < 1.29 is 33.6 Å². The van der Waals surface area contributed by atoms with Gasteiger partial charge in [0.05, 0.1) is 0 Å². The van der Waals surface area contributed by atoms with Crippen molar-refractivity contribution in [1.82, 2.24) is 0 Å². The van der Waals surface area contributed by atoms with Gasteiger partial charge in [-0.2, -0.15) is 0 Å². The van der Waals surface area contributed by atoms with Crippen LogP contribution in [-0.4, -0.2) is 55.4 Å². The minimum absolute atomic E-state index is 0.0147. The number of esters is 2. The molecular weight excluding hydrogens is 256 g/mol. The second-order valence-electron chi connectivity index (χ2n) is 4.50. The first-order valence-electron chi connectivity index (χ1n) is 6.03. The molecule has 1 aliphatic heterocycles. The van der Waals surface area contributed by atoms with Crippen molar-refractivity contribution in [1.29, 1.82) is 0 Å². The van der Waals surface area contributed by atoms with Crippen molar-refractivity contribution in [2.24, 2.45) is 5.92 Å². The maximum Gasteiger partial charge on any atom is 0.303 e. The molecule has 5 atom stereocenters. The number of hydrogen-bond acceptors (Lipinski definition) is 7. The van der Waals surface area contributed by atoms with E-state index >= 15 is 0 Å². The molecule has 1 saturated heterocycles. The monoisotopic (exact) mass is 276 g/mol. The highest BCUT2D eigenvalue weighted by atomic mass is 16.7. The van der Waals surface area contributed by atoms with E-state index in [2.05, 4.69) is 0 Å². The van der Waals surface area contributed by atoms with Gasteiger partial charge < -0.3 is 24.1 Å². The quantitative estimate of drug-likeness (QED) is 0.714. The average Bonchev–Trinajstić information content (AvgIpc) is 2.33. The lowest BCUT2D eigenvalue weighted by molar-refractivity contribution is -0.284. The molecule has 0 saturated carbocycles. The molecule has 0 radical (unpaired) electrons. The third-order valence-electron chi connectivity index (χ3n) is 3.01. The maximum absolute atomic E-state index is 11.1. The molecule has 0 spiro atoms. The van der Waals surface area contributed by atoms with E-state index in [4.69, 9.17) is 18.9 Å². The topological polar surface area (TPSA) is 91.3 Å². The van der Waals surface area contributed by atoms with E-state index < -0.39 is 36.5 Å². The zero-order chi connectivity index (χ0) is 14.6. The molecule has 1 aliphatic rings. The summed E-state index contributed by atoms with van der Waals surface area (Å²) in [7, 11) is 1.37. The number of methoxy groups -OCH3 is 1. The molecule has 1 N–H and O–H groups in total. The fourth-order valence-electron chi connectivity index (χ4n) is 2.01. The van der Waals surface area contributed by atoms with E-state index in [-0.39, 0.29) is 12.5 Å². The van der Waals surface area contributed by atoms with Crippen molar-refractivity contribution >= 4 is 11.9 Å². The van der Waals surface area contributed by atoms with Crippen LogP contribution in [0.15, 0.2) is 0 Å². The highest BCUT2D eigenvalue weighted by molar-refractivity contribution is 5.66. The SMILES string of the molecule is CO[C@@H]1OC(COC(C)=O)[C@H](C)[C@@H](OC(C)=O)C1O. The first-order valence-corrected chi connectivity index (χ1v) is 6.03. The molecule has 0 bridgehead atoms. The van der Waals surface area contributed by atoms with Crippen LogP contribution in [-0.2, 0) is 28.5 Å². The molecule has 0 aliphatic carbocycles. The Hall–Kier alpha value is -1.18. The zero-order valence-corrected chi connectivity index (χ0v) is 11.5. The molecule has 1 rings (SSSR count). The smallest absolute Gasteiger partial charge is 0.303 e. The van der Waals surface area contributed by atoms with Gasteiger partial charge in [0.2, 0.25) is 0 Å². The van der Waals surface area contributed by atoms with E-state index in [1.165, 1.54) is 21.0 Å². The van der Waals surface area contributed by atoms with Gasteiger partial charge >= 0.3 is 11.9 Å². The number of ether oxygens (including phenoxy) is 4. The molecule has 19 heavy (non-hydrogen) atoms. The van der Waals surface area contributed by atoms with Gasteiger partial charge in [0.1, 0.15) is 24.9 Å². The summed E-state index contributed by atoms with van der Waals surface area (Å²) in [5, 5.41) is 10.0. The summed E-state index contributed by atoms with van der Waals surface area (Å²) in [5.74, 6) is -1.26. The van der Waals surface area contributed by atoms with Crippen molar-refractivity contribution in [3.05, 3.63) is 0 Å². The van der Waals surface area contributed by atoms with Crippen molar-refractivity contribution in [2.75, 3.05) is 13.7 Å². The molecule has 0 aromatic carbocycles. The van der Waals surface area contributed by atoms with E-state index in [1.54, 1.807) is 6.92 Å². The third-order valence-corrected chi connectivity index (χ3v) is 3.01. The van der Waals surface area contributed by atoms with Gasteiger partial charge in [0.15, 0.2) is 6.29 Å². The number of rotatable bonds is 4. The van der Waals surface area contributed by atoms with Crippen LogP contribution in [0.1, 0.15) is 20.8 Å². The van der Waals surface area contributed by atoms with Gasteiger partial charge in [-0.15, -0.1) is 0 Å². The van der Waals surface area contributed by atoms with Crippen LogP contribution in [0.25, 0.3) is 0 Å². The molecule has 0 amide bonds. The average molecular weight is 276 g/mol. The summed E-state index contributed by atoms with van der Waals surface area (Å²) in [6, 6.07) is 0. The van der Waals surface area contributed by atoms with Gasteiger partial charge in [0, 0.05) is 26.9 Å². The number of hydrogen-bond donors (Lipinski definition) is 1. The molecule has 7 heteroatoms. The van der Waals surface area contributed by atoms with Gasteiger partial charge in [-0.25, -0.2) is 0 Å². The number of carbonyl (C=O) groups excluding carboxylic acids is 2. The van der Waals surface area contributed by atoms with Crippen LogP contribution in [0, 0.1) is 5.92 Å². The largest absolute Gasteiger partial charge is 0.463 e. The van der Waals surface area contributed by atoms with E-state index in [0.717, 1.165) is 0 Å². The van der Waals surface area contributed by atoms with E-state index in [9.17, 15) is 14.7 Å². The predicted molar refractivity (Wildman–Crippen MR) is 63.0 cm³/mol. The molecule has 1 fully saturated rings. The number of aliphatic hydroxyl groups excluding tert-OH is 1. The summed E-state index contributed by atoms with van der Waals surface area (Å²) in [4.78, 5) is 21.9. The Morgan fingerprint density at radius 1 is 1.26 bits per heavy atom. The first kappa shape index (κ1) is 15.9. The fourth-order valence-corrected chi connectivity index (χ4v) is 2.01. The molecule has 110 valence electrons. The molecule has 0 aromatic heterocycles. The fraction of sp³-hybridized carbons (Fsp3) is 0.833. The summed E-state index contributed by atoms with van der Waals surface area (Å²) in [5.41, 5.74) is 0. The van der Waals surface area contributed by atoms with Crippen LogP contribution >= 0.6 is 0 Å². The van der Waals surface area contributed by atoms with E-state index in [1.807, 2.05) is 0 Å². The van der Waals surface area contributed by atoms with Crippen LogP contribution < -0.4 is 0 Å². The van der Waals surface area contributed by atoms with Crippen LogP contribution in [0.3, 0.4) is 0 Å². The van der Waals surface area contributed by atoms with Crippen LogP contribution in [0.4, 0.5) is 0 Å². The Bertz CT molecular complexity index is 330. The lowest BCUT2D eigenvalue weighted by Gasteiger charge is -2.42. The van der Waals surface area contributed by atoms with Gasteiger partial charge in [-0.05, 0) is 0 Å².